The Morgan fingerprint density at radius 3 is 2.77 bits per heavy atom. The minimum Gasteiger partial charge on any atom is -0.480 e. The van der Waals surface area contributed by atoms with Gasteiger partial charge in [0.15, 0.2) is 0 Å². The molecule has 0 saturated carbocycles. The lowest BCUT2D eigenvalue weighted by atomic mass is 10.0. The zero-order chi connectivity index (χ0) is 18.1. The number of nitrogens with zero attached hydrogens (tertiary/aromatic N) is 2. The minimum atomic E-state index is -0.794. The summed E-state index contributed by atoms with van der Waals surface area (Å²) in [5.41, 5.74) is 1.80. The molecule has 5 nitrogen and oxygen atoms in total. The number of carboxylic acid groups (broad SMARTS) is 1. The molecule has 0 amide bonds. The predicted octanol–water partition coefficient (Wildman–Crippen LogP) is 3.94. The van der Waals surface area contributed by atoms with Crippen LogP contribution in [0.3, 0.4) is 0 Å². The van der Waals surface area contributed by atoms with E-state index in [4.69, 9.17) is 0 Å². The maximum Gasteiger partial charge on any atom is 0.325 e. The van der Waals surface area contributed by atoms with Crippen molar-refractivity contribution in [3.8, 4) is 0 Å². The first-order valence-electron chi connectivity index (χ1n) is 8.60. The Kier molecular flexibility index (Phi) is 5.13. The number of nitrogens with one attached hydrogen (secondary N) is 1. The van der Waals surface area contributed by atoms with Gasteiger partial charge in [-0.3, -0.25) is 14.6 Å². The summed E-state index contributed by atoms with van der Waals surface area (Å²) < 4.78 is 0.954. The van der Waals surface area contributed by atoms with E-state index >= 15 is 0 Å². The van der Waals surface area contributed by atoms with Crippen molar-refractivity contribution in [3.63, 3.8) is 0 Å². The molecule has 26 heavy (non-hydrogen) atoms. The molecule has 0 unspecified atom stereocenters. The van der Waals surface area contributed by atoms with Crippen LogP contribution in [0.5, 0.6) is 0 Å². The van der Waals surface area contributed by atoms with Crippen LogP contribution in [0, 0.1) is 0 Å². The molecule has 3 heterocycles. The molecule has 7 heteroatoms. The molecule has 0 aliphatic carbocycles. The summed E-state index contributed by atoms with van der Waals surface area (Å²) in [5.74, 6) is -0.794. The van der Waals surface area contributed by atoms with Crippen molar-refractivity contribution >= 4 is 44.1 Å². The lowest BCUT2D eigenvalue weighted by molar-refractivity contribution is -0.144. The van der Waals surface area contributed by atoms with Crippen molar-refractivity contribution in [2.75, 3.05) is 26.2 Å². The first-order valence-corrected chi connectivity index (χ1v) is 10.3. The van der Waals surface area contributed by atoms with Gasteiger partial charge in [-0.15, -0.1) is 11.3 Å². The number of hydrogen-bond donors (Lipinski definition) is 2. The number of aliphatic carboxylic acids is 1. The van der Waals surface area contributed by atoms with Crippen LogP contribution in [0.25, 0.3) is 10.9 Å². The molecular weight excluding hydrogens is 414 g/mol. The summed E-state index contributed by atoms with van der Waals surface area (Å²) in [4.78, 5) is 21.1. The second kappa shape index (κ2) is 7.52. The molecule has 0 bridgehead atoms. The van der Waals surface area contributed by atoms with E-state index in [1.54, 1.807) is 11.3 Å². The number of carboxylic acids is 1. The number of hydrogen-bond acceptors (Lipinski definition) is 4. The smallest absolute Gasteiger partial charge is 0.325 e. The highest BCUT2D eigenvalue weighted by Gasteiger charge is 2.32. The number of piperazine rings is 1. The third-order valence-electron chi connectivity index (χ3n) is 4.94. The number of thiophene rings is 1. The Morgan fingerprint density at radius 2 is 2.08 bits per heavy atom. The number of carbonyl (C=O) groups is 1. The van der Waals surface area contributed by atoms with Gasteiger partial charge in [-0.25, -0.2) is 0 Å². The maximum atomic E-state index is 12.1. The highest BCUT2D eigenvalue weighted by Crippen LogP contribution is 2.31. The van der Waals surface area contributed by atoms with Crippen molar-refractivity contribution in [2.45, 2.75) is 12.6 Å². The molecule has 0 radical (unpaired) electrons. The SMILES string of the molecule is O=C(O)[C@H](c1c[nH]c2ccc(Br)cc12)N1CCN(Cc2cccs2)CC1. The van der Waals surface area contributed by atoms with Crippen LogP contribution in [-0.4, -0.2) is 52.0 Å². The van der Waals surface area contributed by atoms with Crippen molar-refractivity contribution in [2.24, 2.45) is 0 Å². The van der Waals surface area contributed by atoms with Gasteiger partial charge < -0.3 is 10.1 Å². The summed E-state index contributed by atoms with van der Waals surface area (Å²) in [6.07, 6.45) is 1.84. The van der Waals surface area contributed by atoms with E-state index in [0.717, 1.165) is 53.7 Å². The zero-order valence-electron chi connectivity index (χ0n) is 14.2. The van der Waals surface area contributed by atoms with Crippen LogP contribution in [-0.2, 0) is 11.3 Å². The molecule has 136 valence electrons. The molecule has 1 aliphatic rings. The molecule has 2 N–H and O–H groups in total. The molecule has 4 rings (SSSR count). The van der Waals surface area contributed by atoms with Gasteiger partial charge in [0.05, 0.1) is 0 Å². The number of halogens is 1. The third kappa shape index (κ3) is 3.57. The number of H-pyrrole nitrogens is 1. The summed E-state index contributed by atoms with van der Waals surface area (Å²) >= 11 is 5.26. The topological polar surface area (TPSA) is 59.6 Å². The second-order valence-corrected chi connectivity index (χ2v) is 8.51. The van der Waals surface area contributed by atoms with Gasteiger partial charge in [-0.05, 0) is 29.6 Å². The first kappa shape index (κ1) is 17.7. The van der Waals surface area contributed by atoms with Crippen molar-refractivity contribution in [3.05, 3.63) is 56.8 Å². The van der Waals surface area contributed by atoms with Crippen molar-refractivity contribution in [1.82, 2.24) is 14.8 Å². The Balaban J connectivity index is 1.52. The van der Waals surface area contributed by atoms with Gasteiger partial charge >= 0.3 is 5.97 Å². The quantitative estimate of drug-likeness (QED) is 0.639. The average Bonchev–Trinajstić information content (AvgIpc) is 3.27. The molecule has 1 aliphatic heterocycles. The minimum absolute atomic E-state index is 0.623. The number of benzene rings is 1. The molecule has 0 spiro atoms. The third-order valence-corrected chi connectivity index (χ3v) is 6.29. The molecule has 1 fully saturated rings. The van der Waals surface area contributed by atoms with Gasteiger partial charge in [-0.2, -0.15) is 0 Å². The Labute approximate surface area is 164 Å². The van der Waals surface area contributed by atoms with Gasteiger partial charge in [0.1, 0.15) is 6.04 Å². The van der Waals surface area contributed by atoms with E-state index in [0.29, 0.717) is 0 Å². The van der Waals surface area contributed by atoms with Crippen LogP contribution < -0.4 is 0 Å². The van der Waals surface area contributed by atoms with Gasteiger partial charge in [0.2, 0.25) is 0 Å². The largest absolute Gasteiger partial charge is 0.480 e. The monoisotopic (exact) mass is 433 g/mol. The highest BCUT2D eigenvalue weighted by atomic mass is 79.9. The fourth-order valence-corrected chi connectivity index (χ4v) is 4.74. The van der Waals surface area contributed by atoms with Crippen molar-refractivity contribution < 1.29 is 9.90 Å². The van der Waals surface area contributed by atoms with Crippen molar-refractivity contribution in [1.29, 1.82) is 0 Å². The molecule has 2 aromatic heterocycles. The normalized spacial score (nSPS) is 17.6. The average molecular weight is 434 g/mol. The van der Waals surface area contributed by atoms with E-state index in [9.17, 15) is 9.90 Å². The molecule has 1 aromatic carbocycles. The van der Waals surface area contributed by atoms with Crippen LogP contribution in [0.1, 0.15) is 16.5 Å². The molecular formula is C19H20BrN3O2S. The molecule has 1 saturated heterocycles. The summed E-state index contributed by atoms with van der Waals surface area (Å²) in [7, 11) is 0. The maximum absolute atomic E-state index is 12.1. The predicted molar refractivity (Wildman–Crippen MR) is 108 cm³/mol. The van der Waals surface area contributed by atoms with Gasteiger partial charge in [0, 0.05) is 64.7 Å². The zero-order valence-corrected chi connectivity index (χ0v) is 16.6. The number of rotatable bonds is 5. The van der Waals surface area contributed by atoms with E-state index < -0.39 is 12.0 Å². The number of aromatic nitrogens is 1. The Morgan fingerprint density at radius 1 is 1.27 bits per heavy atom. The van der Waals surface area contributed by atoms with E-state index in [1.165, 1.54) is 4.88 Å². The summed E-state index contributed by atoms with van der Waals surface area (Å²) in [6, 6.07) is 9.53. The van der Waals surface area contributed by atoms with E-state index in [2.05, 4.69) is 48.2 Å². The van der Waals surface area contributed by atoms with Crippen LogP contribution >= 0.6 is 27.3 Å². The fraction of sp³-hybridized carbons (Fsp3) is 0.316. The molecule has 1 atom stereocenters. The highest BCUT2D eigenvalue weighted by molar-refractivity contribution is 9.10. The lowest BCUT2D eigenvalue weighted by Gasteiger charge is -2.37. The Hall–Kier alpha value is -1.67. The molecule has 3 aromatic rings. The van der Waals surface area contributed by atoms with E-state index in [-0.39, 0.29) is 0 Å². The standard InChI is InChI=1S/C19H20BrN3O2S/c20-13-3-4-17-15(10-13)16(11-21-17)18(19(24)25)23-7-5-22(6-8-23)12-14-2-1-9-26-14/h1-4,9-11,18,21H,5-8,12H2,(H,24,25)/t18-/m0/s1. The van der Waals surface area contributed by atoms with Crippen LogP contribution in [0.15, 0.2) is 46.4 Å². The van der Waals surface area contributed by atoms with Crippen LogP contribution in [0.2, 0.25) is 0 Å². The number of aromatic amines is 1. The first-order chi connectivity index (χ1) is 12.6. The number of fused-ring (bicyclic) bond motifs is 1. The van der Waals surface area contributed by atoms with E-state index in [1.807, 2.05) is 24.4 Å². The fourth-order valence-electron chi connectivity index (χ4n) is 3.63. The van der Waals surface area contributed by atoms with Gasteiger partial charge in [0.25, 0.3) is 0 Å². The second-order valence-electron chi connectivity index (χ2n) is 6.57. The Bertz CT molecular complexity index is 901. The van der Waals surface area contributed by atoms with Crippen LogP contribution in [0.4, 0.5) is 0 Å². The van der Waals surface area contributed by atoms with Gasteiger partial charge in [-0.1, -0.05) is 22.0 Å². The summed E-state index contributed by atoms with van der Waals surface area (Å²) in [6.45, 7) is 4.22. The summed E-state index contributed by atoms with van der Waals surface area (Å²) in [5, 5.41) is 13.0. The lowest BCUT2D eigenvalue weighted by Crippen LogP contribution is -2.48.